The number of allylic oxidation sites excluding steroid dienone is 1. The van der Waals surface area contributed by atoms with Gasteiger partial charge in [-0.05, 0) is 34.8 Å². The van der Waals surface area contributed by atoms with Gasteiger partial charge in [-0.3, -0.25) is 9.59 Å². The van der Waals surface area contributed by atoms with Gasteiger partial charge in [-0.25, -0.2) is 0 Å². The van der Waals surface area contributed by atoms with E-state index in [1.165, 1.54) is 11.6 Å². The number of ketones is 1. The maximum atomic E-state index is 12.3. The van der Waals surface area contributed by atoms with Crippen molar-refractivity contribution in [2.24, 2.45) is 0 Å². The smallest absolute Gasteiger partial charge is 0.306 e. The molecule has 0 unspecified atom stereocenters. The zero-order chi connectivity index (χ0) is 19.2. The van der Waals surface area contributed by atoms with E-state index >= 15 is 0 Å². The summed E-state index contributed by atoms with van der Waals surface area (Å²) in [6, 6.07) is 14.9. The van der Waals surface area contributed by atoms with Gasteiger partial charge in [-0.15, -0.1) is 0 Å². The molecule has 26 heavy (non-hydrogen) atoms. The Morgan fingerprint density at radius 3 is 2.38 bits per heavy atom. The van der Waals surface area contributed by atoms with Crippen molar-refractivity contribution in [3.63, 3.8) is 0 Å². The Kier molecular flexibility index (Phi) is 6.34. The Labute approximate surface area is 154 Å². The van der Waals surface area contributed by atoms with Crippen LogP contribution in [0.4, 0.5) is 0 Å². The standard InChI is InChI=1S/C22H24O4/c1-22(2,3)18-10-8-17(9-11-18)20(23)12-7-16-5-4-6-19(15-16)26-14-13-21(24)25/h4-12,15H,13-14H2,1-3H3,(H,24,25)/b12-7+. The largest absolute Gasteiger partial charge is 0.493 e. The second kappa shape index (κ2) is 8.48. The van der Waals surface area contributed by atoms with Crippen molar-refractivity contribution in [1.82, 2.24) is 0 Å². The van der Waals surface area contributed by atoms with E-state index in [1.807, 2.05) is 30.3 Å². The topological polar surface area (TPSA) is 63.6 Å². The van der Waals surface area contributed by atoms with Gasteiger partial charge in [0.05, 0.1) is 13.0 Å². The number of ether oxygens (including phenoxy) is 1. The fraction of sp³-hybridized carbons (Fsp3) is 0.273. The summed E-state index contributed by atoms with van der Waals surface area (Å²) in [6.07, 6.45) is 3.20. The van der Waals surface area contributed by atoms with E-state index in [2.05, 4.69) is 20.8 Å². The van der Waals surface area contributed by atoms with Crippen LogP contribution in [0.25, 0.3) is 6.08 Å². The second-order valence-corrected chi connectivity index (χ2v) is 7.09. The molecule has 0 aliphatic carbocycles. The van der Waals surface area contributed by atoms with Crippen molar-refractivity contribution < 1.29 is 19.4 Å². The molecule has 0 saturated carbocycles. The first-order valence-corrected chi connectivity index (χ1v) is 8.53. The van der Waals surface area contributed by atoms with Crippen LogP contribution in [0.2, 0.25) is 0 Å². The minimum Gasteiger partial charge on any atom is -0.493 e. The third kappa shape index (κ3) is 5.88. The van der Waals surface area contributed by atoms with Gasteiger partial charge < -0.3 is 9.84 Å². The summed E-state index contributed by atoms with van der Waals surface area (Å²) in [5, 5.41) is 8.63. The molecule has 0 aliphatic heterocycles. The van der Waals surface area contributed by atoms with Crippen LogP contribution in [0.1, 0.15) is 48.7 Å². The van der Waals surface area contributed by atoms with E-state index in [4.69, 9.17) is 9.84 Å². The molecule has 2 aromatic carbocycles. The van der Waals surface area contributed by atoms with Crippen molar-refractivity contribution in [2.45, 2.75) is 32.6 Å². The van der Waals surface area contributed by atoms with Crippen LogP contribution in [0.5, 0.6) is 5.75 Å². The third-order valence-electron chi connectivity index (χ3n) is 3.91. The first kappa shape index (κ1) is 19.4. The van der Waals surface area contributed by atoms with Gasteiger partial charge in [0.1, 0.15) is 5.75 Å². The molecule has 0 bridgehead atoms. The molecule has 4 heteroatoms. The number of rotatable bonds is 7. The minimum atomic E-state index is -0.899. The molecule has 2 rings (SSSR count). The molecular weight excluding hydrogens is 328 g/mol. The molecule has 0 aromatic heterocycles. The maximum Gasteiger partial charge on any atom is 0.306 e. The third-order valence-corrected chi connectivity index (χ3v) is 3.91. The fourth-order valence-electron chi connectivity index (χ4n) is 2.37. The number of hydrogen-bond donors (Lipinski definition) is 1. The molecule has 0 radical (unpaired) electrons. The number of hydrogen-bond acceptors (Lipinski definition) is 3. The normalized spacial score (nSPS) is 11.5. The lowest BCUT2D eigenvalue weighted by Crippen LogP contribution is -2.11. The highest BCUT2D eigenvalue weighted by Gasteiger charge is 2.13. The highest BCUT2D eigenvalue weighted by atomic mass is 16.5. The summed E-state index contributed by atoms with van der Waals surface area (Å²) in [4.78, 5) is 22.8. The maximum absolute atomic E-state index is 12.3. The Morgan fingerprint density at radius 1 is 1.08 bits per heavy atom. The number of carbonyl (C=O) groups is 2. The highest BCUT2D eigenvalue weighted by molar-refractivity contribution is 6.06. The molecule has 0 atom stereocenters. The summed E-state index contributed by atoms with van der Waals surface area (Å²) in [7, 11) is 0. The zero-order valence-corrected chi connectivity index (χ0v) is 15.4. The van der Waals surface area contributed by atoms with Gasteiger partial charge >= 0.3 is 5.97 Å². The monoisotopic (exact) mass is 352 g/mol. The number of aliphatic carboxylic acids is 1. The van der Waals surface area contributed by atoms with Crippen LogP contribution in [-0.4, -0.2) is 23.5 Å². The van der Waals surface area contributed by atoms with Crippen molar-refractivity contribution in [2.75, 3.05) is 6.61 Å². The molecule has 2 aromatic rings. The lowest BCUT2D eigenvalue weighted by molar-refractivity contribution is -0.137. The van der Waals surface area contributed by atoms with Gasteiger partial charge in [-0.2, -0.15) is 0 Å². The van der Waals surface area contributed by atoms with Crippen LogP contribution < -0.4 is 4.74 Å². The predicted molar refractivity (Wildman–Crippen MR) is 103 cm³/mol. The average molecular weight is 352 g/mol. The highest BCUT2D eigenvalue weighted by Crippen LogP contribution is 2.22. The minimum absolute atomic E-state index is 0.0525. The molecule has 1 N–H and O–H groups in total. The quantitative estimate of drug-likeness (QED) is 0.578. The lowest BCUT2D eigenvalue weighted by atomic mass is 9.86. The van der Waals surface area contributed by atoms with Gasteiger partial charge in [0.15, 0.2) is 5.78 Å². The summed E-state index contributed by atoms with van der Waals surface area (Å²) in [5.74, 6) is -0.387. The summed E-state index contributed by atoms with van der Waals surface area (Å²) < 4.78 is 5.39. The molecule has 0 amide bonds. The Bertz CT molecular complexity index is 796. The van der Waals surface area contributed by atoms with Crippen molar-refractivity contribution in [3.05, 3.63) is 71.3 Å². The van der Waals surface area contributed by atoms with Crippen LogP contribution >= 0.6 is 0 Å². The van der Waals surface area contributed by atoms with Crippen LogP contribution in [0, 0.1) is 0 Å². The number of benzene rings is 2. The summed E-state index contributed by atoms with van der Waals surface area (Å²) in [5.41, 5.74) is 2.70. The first-order chi connectivity index (χ1) is 12.3. The molecule has 136 valence electrons. The van der Waals surface area contributed by atoms with E-state index in [-0.39, 0.29) is 24.2 Å². The van der Waals surface area contributed by atoms with E-state index < -0.39 is 5.97 Å². The molecular formula is C22H24O4. The molecule has 0 fully saturated rings. The van der Waals surface area contributed by atoms with Crippen LogP contribution in [0.15, 0.2) is 54.6 Å². The Balaban J connectivity index is 2.02. The Morgan fingerprint density at radius 2 is 1.77 bits per heavy atom. The summed E-state index contributed by atoms with van der Waals surface area (Å²) >= 11 is 0. The first-order valence-electron chi connectivity index (χ1n) is 8.53. The van der Waals surface area contributed by atoms with Gasteiger partial charge in [0.25, 0.3) is 0 Å². The number of carbonyl (C=O) groups excluding carboxylic acids is 1. The van der Waals surface area contributed by atoms with E-state index in [0.29, 0.717) is 11.3 Å². The second-order valence-electron chi connectivity index (χ2n) is 7.09. The molecule has 0 heterocycles. The van der Waals surface area contributed by atoms with Crippen molar-refractivity contribution in [1.29, 1.82) is 0 Å². The van der Waals surface area contributed by atoms with Gasteiger partial charge in [0, 0.05) is 5.56 Å². The number of carboxylic acid groups (broad SMARTS) is 1. The fourth-order valence-corrected chi connectivity index (χ4v) is 2.37. The molecule has 0 aliphatic rings. The molecule has 4 nitrogen and oxygen atoms in total. The lowest BCUT2D eigenvalue weighted by Gasteiger charge is -2.18. The Hall–Kier alpha value is -2.88. The average Bonchev–Trinajstić information content (AvgIpc) is 2.59. The predicted octanol–water partition coefficient (Wildman–Crippen LogP) is 4.73. The van der Waals surface area contributed by atoms with Gasteiger partial charge in [-0.1, -0.05) is 63.2 Å². The van der Waals surface area contributed by atoms with Crippen molar-refractivity contribution >= 4 is 17.8 Å². The van der Waals surface area contributed by atoms with Crippen LogP contribution in [-0.2, 0) is 10.2 Å². The zero-order valence-electron chi connectivity index (χ0n) is 15.4. The van der Waals surface area contributed by atoms with Gasteiger partial charge in [0.2, 0.25) is 0 Å². The SMILES string of the molecule is CC(C)(C)c1ccc(C(=O)/C=C/c2cccc(OCCC(=O)O)c2)cc1. The van der Waals surface area contributed by atoms with E-state index in [0.717, 1.165) is 5.56 Å². The number of carboxylic acids is 1. The van der Waals surface area contributed by atoms with Crippen molar-refractivity contribution in [3.8, 4) is 5.75 Å². The summed E-state index contributed by atoms with van der Waals surface area (Å²) in [6.45, 7) is 6.52. The van der Waals surface area contributed by atoms with E-state index in [1.54, 1.807) is 24.3 Å². The van der Waals surface area contributed by atoms with E-state index in [9.17, 15) is 9.59 Å². The molecule has 0 saturated heterocycles. The molecule has 0 spiro atoms. The van der Waals surface area contributed by atoms with Crippen LogP contribution in [0.3, 0.4) is 0 Å².